The zero-order valence-electron chi connectivity index (χ0n) is 16.5. The van der Waals surface area contributed by atoms with Crippen LogP contribution < -0.4 is 8.57 Å². The molecule has 2 rings (SSSR count). The number of hydrogen-bond acceptors (Lipinski definition) is 4. The van der Waals surface area contributed by atoms with E-state index in [4.69, 9.17) is 8.57 Å². The third kappa shape index (κ3) is 3.58. The van der Waals surface area contributed by atoms with Crippen LogP contribution in [0, 0.1) is 48.5 Å². The highest BCUT2D eigenvalue weighted by atomic mass is 79.9. The molecule has 0 amide bonds. The Kier molecular flexibility index (Phi) is 6.00. The van der Waals surface area contributed by atoms with Crippen molar-refractivity contribution in [2.75, 3.05) is 0 Å². The lowest BCUT2D eigenvalue weighted by molar-refractivity contribution is 0.0694. The number of rotatable bonds is 4. The molecule has 0 saturated heterocycles. The molecule has 0 radical (unpaired) electrons. The Bertz CT molecular complexity index is 931. The summed E-state index contributed by atoms with van der Waals surface area (Å²) in [6, 6.07) is 1.78. The fourth-order valence-corrected chi connectivity index (χ4v) is 3.67. The van der Waals surface area contributed by atoms with Crippen LogP contribution >= 0.6 is 16.3 Å². The monoisotopic (exact) mass is 434 g/mol. The number of ether oxygens (including phenoxy) is 1. The molecule has 1 N–H and O–H groups in total. The van der Waals surface area contributed by atoms with E-state index < -0.39 is 11.9 Å². The highest BCUT2D eigenvalue weighted by molar-refractivity contribution is 9.06. The van der Waals surface area contributed by atoms with Crippen molar-refractivity contribution in [2.24, 2.45) is 0 Å². The molecule has 144 valence electrons. The van der Waals surface area contributed by atoms with Gasteiger partial charge in [-0.3, -0.25) is 0 Å². The molecule has 2 aromatic carbocycles. The molecule has 0 bridgehead atoms. The van der Waals surface area contributed by atoms with Gasteiger partial charge in [0.25, 0.3) is 0 Å². The van der Waals surface area contributed by atoms with E-state index in [0.29, 0.717) is 39.3 Å². The topological polar surface area (TPSA) is 72.8 Å². The largest absolute Gasteiger partial charge is 0.478 e. The van der Waals surface area contributed by atoms with E-state index in [2.05, 4.69) is 16.3 Å². The first-order chi connectivity index (χ1) is 12.5. The van der Waals surface area contributed by atoms with Crippen LogP contribution in [0.2, 0.25) is 0 Å². The summed E-state index contributed by atoms with van der Waals surface area (Å²) < 4.78 is 10.9. The maximum atomic E-state index is 13.0. The van der Waals surface area contributed by atoms with Gasteiger partial charge in [-0.2, -0.15) is 0 Å². The molecule has 27 heavy (non-hydrogen) atoms. The highest BCUT2D eigenvalue weighted by Gasteiger charge is 2.24. The Balaban J connectivity index is 2.58. The second-order valence-corrected chi connectivity index (χ2v) is 7.12. The van der Waals surface area contributed by atoms with Crippen molar-refractivity contribution in [3.8, 4) is 11.5 Å². The number of carboxylic acid groups (broad SMARTS) is 1. The average molecular weight is 435 g/mol. The summed E-state index contributed by atoms with van der Waals surface area (Å²) in [6.45, 7) is 12.5. The van der Waals surface area contributed by atoms with Crippen molar-refractivity contribution >= 4 is 28.2 Å². The smallest absolute Gasteiger partial charge is 0.344 e. The van der Waals surface area contributed by atoms with Gasteiger partial charge in [0.1, 0.15) is 11.5 Å². The molecule has 0 saturated carbocycles. The summed E-state index contributed by atoms with van der Waals surface area (Å²) >= 11 is 2.98. The van der Waals surface area contributed by atoms with Gasteiger partial charge in [-0.25, -0.2) is 9.59 Å². The van der Waals surface area contributed by atoms with Crippen molar-refractivity contribution < 1.29 is 23.3 Å². The van der Waals surface area contributed by atoms with Gasteiger partial charge in [0, 0.05) is 0 Å². The van der Waals surface area contributed by atoms with Crippen LogP contribution in [0.25, 0.3) is 0 Å². The van der Waals surface area contributed by atoms with Gasteiger partial charge < -0.3 is 13.7 Å². The van der Waals surface area contributed by atoms with Gasteiger partial charge in [-0.1, -0.05) is 0 Å². The molecule has 6 heteroatoms. The Labute approximate surface area is 167 Å². The third-order valence-electron chi connectivity index (χ3n) is 5.30. The minimum atomic E-state index is -0.984. The quantitative estimate of drug-likeness (QED) is 0.511. The highest BCUT2D eigenvalue weighted by Crippen LogP contribution is 2.35. The van der Waals surface area contributed by atoms with Crippen LogP contribution in [0.15, 0.2) is 6.07 Å². The van der Waals surface area contributed by atoms with Crippen molar-refractivity contribution in [3.63, 3.8) is 0 Å². The number of halogens is 1. The second-order valence-electron chi connectivity index (χ2n) is 6.79. The molecule has 0 aliphatic heterocycles. The molecule has 5 nitrogen and oxygen atoms in total. The molecule has 0 spiro atoms. The molecular weight excluding hydrogens is 412 g/mol. The number of hydrogen-bond donors (Lipinski definition) is 1. The molecular formula is C21H23BrO5. The van der Waals surface area contributed by atoms with Gasteiger partial charge in [0.05, 0.1) is 11.1 Å². The van der Waals surface area contributed by atoms with E-state index in [1.165, 1.54) is 0 Å². The van der Waals surface area contributed by atoms with Gasteiger partial charge in [-0.15, -0.1) is 0 Å². The molecule has 0 aromatic heterocycles. The molecule has 0 atom stereocenters. The number of aryl methyl sites for hydroxylation is 1. The standard InChI is InChI=1S/C21H23BrO5/c1-9-8-16(27-22)10(2)11(3)17(9)21(25)26-19-14(6)12(4)18(20(23)24)13(5)15(19)7/h8H,1-7H3,(H,23,24). The van der Waals surface area contributed by atoms with Gasteiger partial charge in [0.2, 0.25) is 0 Å². The van der Waals surface area contributed by atoms with Crippen molar-refractivity contribution in [2.45, 2.75) is 48.5 Å². The first kappa shape index (κ1) is 21.0. The Morgan fingerprint density at radius 2 is 1.30 bits per heavy atom. The van der Waals surface area contributed by atoms with E-state index in [9.17, 15) is 14.7 Å². The molecule has 2 aromatic rings. The summed E-state index contributed by atoms with van der Waals surface area (Å²) in [5, 5.41) is 9.48. The van der Waals surface area contributed by atoms with Crippen LogP contribution in [0.1, 0.15) is 59.7 Å². The fourth-order valence-electron chi connectivity index (χ4n) is 3.34. The van der Waals surface area contributed by atoms with E-state index in [-0.39, 0.29) is 5.56 Å². The first-order valence-electron chi connectivity index (χ1n) is 8.48. The SMILES string of the molecule is Cc1cc(OBr)c(C)c(C)c1C(=O)Oc1c(C)c(C)c(C(=O)O)c(C)c1C. The Hall–Kier alpha value is -2.34. The fraction of sp³-hybridized carbons (Fsp3) is 0.333. The van der Waals surface area contributed by atoms with Crippen LogP contribution in [-0.4, -0.2) is 17.0 Å². The molecule has 0 aliphatic carbocycles. The number of esters is 1. The summed E-state index contributed by atoms with van der Waals surface area (Å²) in [5.74, 6) is -0.396. The normalized spacial score (nSPS) is 10.7. The predicted octanol–water partition coefficient (Wildman–Crippen LogP) is 5.45. The van der Waals surface area contributed by atoms with Crippen LogP contribution in [-0.2, 0) is 0 Å². The molecule has 0 unspecified atom stereocenters. The molecule has 0 aliphatic rings. The minimum Gasteiger partial charge on any atom is -0.478 e. The summed E-state index contributed by atoms with van der Waals surface area (Å²) in [6.07, 6.45) is 0. The summed E-state index contributed by atoms with van der Waals surface area (Å²) in [4.78, 5) is 24.5. The van der Waals surface area contributed by atoms with Gasteiger partial charge >= 0.3 is 11.9 Å². The number of carboxylic acids is 1. The lowest BCUT2D eigenvalue weighted by Crippen LogP contribution is -2.16. The van der Waals surface area contributed by atoms with Crippen LogP contribution in [0.3, 0.4) is 0 Å². The number of carbonyl (C=O) groups excluding carboxylic acids is 1. The Morgan fingerprint density at radius 3 is 1.74 bits per heavy atom. The maximum absolute atomic E-state index is 13.0. The summed E-state index contributed by atoms with van der Waals surface area (Å²) in [7, 11) is 0. The average Bonchev–Trinajstić information content (AvgIpc) is 2.60. The number of aromatic carboxylic acids is 1. The summed E-state index contributed by atoms with van der Waals surface area (Å²) in [5.41, 5.74) is 5.59. The van der Waals surface area contributed by atoms with E-state index in [0.717, 1.165) is 16.7 Å². The third-order valence-corrected chi connectivity index (χ3v) is 5.65. The Morgan fingerprint density at radius 1 is 0.815 bits per heavy atom. The van der Waals surface area contributed by atoms with Gasteiger partial charge in [0.15, 0.2) is 16.3 Å². The number of benzene rings is 2. The zero-order chi connectivity index (χ0) is 20.6. The maximum Gasteiger partial charge on any atom is 0.344 e. The first-order valence-corrected chi connectivity index (χ1v) is 9.12. The van der Waals surface area contributed by atoms with E-state index in [1.54, 1.807) is 33.8 Å². The van der Waals surface area contributed by atoms with Crippen molar-refractivity contribution in [1.29, 1.82) is 0 Å². The lowest BCUT2D eigenvalue weighted by Gasteiger charge is -2.19. The van der Waals surface area contributed by atoms with E-state index in [1.807, 2.05) is 20.8 Å². The minimum absolute atomic E-state index is 0.256. The second kappa shape index (κ2) is 7.72. The van der Waals surface area contributed by atoms with E-state index >= 15 is 0 Å². The molecule has 0 heterocycles. The van der Waals surface area contributed by atoms with Gasteiger partial charge in [-0.05, 0) is 93.5 Å². The van der Waals surface area contributed by atoms with Crippen LogP contribution in [0.5, 0.6) is 11.5 Å². The van der Waals surface area contributed by atoms with Crippen molar-refractivity contribution in [3.05, 3.63) is 56.1 Å². The predicted molar refractivity (Wildman–Crippen MR) is 108 cm³/mol. The molecule has 0 fully saturated rings. The number of carbonyl (C=O) groups is 2. The zero-order valence-corrected chi connectivity index (χ0v) is 18.1. The lowest BCUT2D eigenvalue weighted by atomic mass is 9.93. The van der Waals surface area contributed by atoms with Crippen LogP contribution in [0.4, 0.5) is 0 Å². The van der Waals surface area contributed by atoms with Crippen molar-refractivity contribution in [1.82, 2.24) is 0 Å².